The highest BCUT2D eigenvalue weighted by molar-refractivity contribution is 6.04. The molecule has 0 aliphatic heterocycles. The van der Waals surface area contributed by atoms with Gasteiger partial charge in [-0.25, -0.2) is 0 Å². The topological polar surface area (TPSA) is 29.5 Å². The lowest BCUT2D eigenvalue weighted by molar-refractivity contribution is -0.114. The van der Waals surface area contributed by atoms with Crippen molar-refractivity contribution in [3.8, 4) is 5.75 Å². The van der Waals surface area contributed by atoms with E-state index >= 15 is 0 Å². The summed E-state index contributed by atoms with van der Waals surface area (Å²) in [5.74, 6) is 0.866. The zero-order valence-electron chi connectivity index (χ0n) is 14.7. The first kappa shape index (κ1) is 17.3. The van der Waals surface area contributed by atoms with E-state index in [4.69, 9.17) is 4.74 Å². The summed E-state index contributed by atoms with van der Waals surface area (Å²) in [5.41, 5.74) is 1.98. The van der Waals surface area contributed by atoms with Crippen molar-refractivity contribution in [3.05, 3.63) is 66.2 Å². The first-order valence-electron chi connectivity index (χ1n) is 8.98. The summed E-state index contributed by atoms with van der Waals surface area (Å²) in [6, 6.07) is 18.0. The number of methoxy groups -OCH3 is 1. The zero-order valence-corrected chi connectivity index (χ0v) is 14.7. The Balaban J connectivity index is 1.79. The fourth-order valence-corrected chi connectivity index (χ4v) is 3.41. The molecule has 1 amide bonds. The average Bonchev–Trinajstić information content (AvgIpc) is 2.69. The van der Waals surface area contributed by atoms with Gasteiger partial charge in [0.15, 0.2) is 0 Å². The second kappa shape index (κ2) is 8.52. The molecule has 0 unspecified atom stereocenters. The SMILES string of the molecule is COc1ccc(/C=C/C(=O)N(c2ccccc2)C2CCCCC2)cc1. The van der Waals surface area contributed by atoms with Crippen molar-refractivity contribution >= 4 is 17.7 Å². The molecule has 0 radical (unpaired) electrons. The minimum Gasteiger partial charge on any atom is -0.497 e. The molecular weight excluding hydrogens is 310 g/mol. The van der Waals surface area contributed by atoms with Crippen molar-refractivity contribution in [2.75, 3.05) is 12.0 Å². The number of hydrogen-bond acceptors (Lipinski definition) is 2. The van der Waals surface area contributed by atoms with Crippen LogP contribution in [-0.2, 0) is 4.79 Å². The molecule has 1 aliphatic carbocycles. The minimum atomic E-state index is 0.0499. The monoisotopic (exact) mass is 335 g/mol. The van der Waals surface area contributed by atoms with Crippen LogP contribution < -0.4 is 9.64 Å². The summed E-state index contributed by atoms with van der Waals surface area (Å²) >= 11 is 0. The van der Waals surface area contributed by atoms with E-state index in [0.29, 0.717) is 6.04 Å². The molecular formula is C22H25NO2. The van der Waals surface area contributed by atoms with Crippen LogP contribution in [0.1, 0.15) is 37.7 Å². The van der Waals surface area contributed by atoms with Crippen molar-refractivity contribution in [1.29, 1.82) is 0 Å². The van der Waals surface area contributed by atoms with Gasteiger partial charge in [0.05, 0.1) is 7.11 Å². The molecule has 130 valence electrons. The van der Waals surface area contributed by atoms with E-state index in [2.05, 4.69) is 0 Å². The Bertz CT molecular complexity index is 701. The van der Waals surface area contributed by atoms with Crippen molar-refractivity contribution in [3.63, 3.8) is 0 Å². The molecule has 25 heavy (non-hydrogen) atoms. The van der Waals surface area contributed by atoms with Crippen LogP contribution in [-0.4, -0.2) is 19.1 Å². The van der Waals surface area contributed by atoms with Gasteiger partial charge in [-0.3, -0.25) is 4.79 Å². The molecule has 1 saturated carbocycles. The van der Waals surface area contributed by atoms with E-state index in [1.165, 1.54) is 19.3 Å². The van der Waals surface area contributed by atoms with Crippen LogP contribution in [0.25, 0.3) is 6.08 Å². The molecule has 3 rings (SSSR count). The standard InChI is InChI=1S/C22H25NO2/c1-25-21-15-12-18(13-16-21)14-17-22(24)23(19-8-4-2-5-9-19)20-10-6-3-7-11-20/h2,4-5,8-9,12-17,20H,3,6-7,10-11H2,1H3/b17-14+. The summed E-state index contributed by atoms with van der Waals surface area (Å²) in [6.45, 7) is 0. The number of anilines is 1. The molecule has 0 bridgehead atoms. The molecule has 2 aromatic rings. The Kier molecular flexibility index (Phi) is 5.89. The molecule has 1 fully saturated rings. The normalized spacial score (nSPS) is 15.2. The third kappa shape index (κ3) is 4.50. The summed E-state index contributed by atoms with van der Waals surface area (Å²) in [5, 5.41) is 0. The lowest BCUT2D eigenvalue weighted by atomic mass is 9.93. The van der Waals surface area contributed by atoms with Gasteiger partial charge >= 0.3 is 0 Å². The van der Waals surface area contributed by atoms with E-state index in [0.717, 1.165) is 29.8 Å². The third-order valence-electron chi connectivity index (χ3n) is 4.75. The van der Waals surface area contributed by atoms with Gasteiger partial charge in [0.25, 0.3) is 5.91 Å². The highest BCUT2D eigenvalue weighted by Gasteiger charge is 2.25. The van der Waals surface area contributed by atoms with Crippen molar-refractivity contribution in [1.82, 2.24) is 0 Å². The smallest absolute Gasteiger partial charge is 0.251 e. The number of hydrogen-bond donors (Lipinski definition) is 0. The highest BCUT2D eigenvalue weighted by atomic mass is 16.5. The van der Waals surface area contributed by atoms with Gasteiger partial charge in [0.1, 0.15) is 5.75 Å². The maximum absolute atomic E-state index is 13.0. The molecule has 3 nitrogen and oxygen atoms in total. The highest BCUT2D eigenvalue weighted by Crippen LogP contribution is 2.27. The predicted molar refractivity (Wildman–Crippen MR) is 103 cm³/mol. The maximum atomic E-state index is 13.0. The second-order valence-corrected chi connectivity index (χ2v) is 6.44. The Labute approximate surface area is 149 Å². The number of ether oxygens (including phenoxy) is 1. The van der Waals surface area contributed by atoms with Crippen LogP contribution in [0.15, 0.2) is 60.7 Å². The Morgan fingerprint density at radius 2 is 1.68 bits per heavy atom. The molecule has 2 aromatic carbocycles. The largest absolute Gasteiger partial charge is 0.497 e. The van der Waals surface area contributed by atoms with E-state index in [1.54, 1.807) is 13.2 Å². The maximum Gasteiger partial charge on any atom is 0.251 e. The van der Waals surface area contributed by atoms with Crippen LogP contribution in [0.3, 0.4) is 0 Å². The van der Waals surface area contributed by atoms with Gasteiger partial charge in [-0.15, -0.1) is 0 Å². The Morgan fingerprint density at radius 3 is 2.32 bits per heavy atom. The van der Waals surface area contributed by atoms with Crippen molar-refractivity contribution in [2.24, 2.45) is 0 Å². The van der Waals surface area contributed by atoms with E-state index in [9.17, 15) is 4.79 Å². The van der Waals surface area contributed by atoms with Crippen molar-refractivity contribution < 1.29 is 9.53 Å². The zero-order chi connectivity index (χ0) is 17.5. The molecule has 1 aliphatic rings. The van der Waals surface area contributed by atoms with Crippen LogP contribution in [0, 0.1) is 0 Å². The first-order chi connectivity index (χ1) is 12.3. The molecule has 0 atom stereocenters. The van der Waals surface area contributed by atoms with Gasteiger partial charge in [0, 0.05) is 17.8 Å². The molecule has 0 heterocycles. The van der Waals surface area contributed by atoms with Gasteiger partial charge in [-0.05, 0) is 48.7 Å². The number of amides is 1. The molecule has 0 spiro atoms. The van der Waals surface area contributed by atoms with E-state index in [1.807, 2.05) is 65.6 Å². The van der Waals surface area contributed by atoms with Gasteiger partial charge in [-0.1, -0.05) is 49.6 Å². The van der Waals surface area contributed by atoms with Crippen LogP contribution in [0.4, 0.5) is 5.69 Å². The van der Waals surface area contributed by atoms with Gasteiger partial charge in [-0.2, -0.15) is 0 Å². The van der Waals surface area contributed by atoms with Gasteiger partial charge in [0.2, 0.25) is 0 Å². The number of rotatable bonds is 5. The number of carbonyl (C=O) groups excluding carboxylic acids is 1. The predicted octanol–water partition coefficient (Wildman–Crippen LogP) is 5.07. The summed E-state index contributed by atoms with van der Waals surface area (Å²) < 4.78 is 5.17. The van der Waals surface area contributed by atoms with E-state index in [-0.39, 0.29) is 5.91 Å². The fourth-order valence-electron chi connectivity index (χ4n) is 3.41. The third-order valence-corrected chi connectivity index (χ3v) is 4.75. The van der Waals surface area contributed by atoms with Gasteiger partial charge < -0.3 is 9.64 Å². The van der Waals surface area contributed by atoms with Crippen LogP contribution in [0.2, 0.25) is 0 Å². The Morgan fingerprint density at radius 1 is 1.00 bits per heavy atom. The number of para-hydroxylation sites is 1. The Hall–Kier alpha value is -2.55. The quantitative estimate of drug-likeness (QED) is 0.714. The summed E-state index contributed by atoms with van der Waals surface area (Å²) in [6.07, 6.45) is 9.39. The van der Waals surface area contributed by atoms with Crippen molar-refractivity contribution in [2.45, 2.75) is 38.1 Å². The fraction of sp³-hybridized carbons (Fsp3) is 0.318. The second-order valence-electron chi connectivity index (χ2n) is 6.44. The first-order valence-corrected chi connectivity index (χ1v) is 8.98. The summed E-state index contributed by atoms with van der Waals surface area (Å²) in [7, 11) is 1.65. The molecule has 0 N–H and O–H groups in total. The van der Waals surface area contributed by atoms with Crippen LogP contribution in [0.5, 0.6) is 5.75 Å². The minimum absolute atomic E-state index is 0.0499. The molecule has 0 aromatic heterocycles. The average molecular weight is 335 g/mol. The lowest BCUT2D eigenvalue weighted by Crippen LogP contribution is -2.40. The number of carbonyl (C=O) groups is 1. The number of benzene rings is 2. The molecule has 3 heteroatoms. The number of nitrogens with zero attached hydrogens (tertiary/aromatic N) is 1. The molecule has 0 saturated heterocycles. The summed E-state index contributed by atoms with van der Waals surface area (Å²) in [4.78, 5) is 14.9. The van der Waals surface area contributed by atoms with Crippen LogP contribution >= 0.6 is 0 Å². The lowest BCUT2D eigenvalue weighted by Gasteiger charge is -2.33. The van der Waals surface area contributed by atoms with E-state index < -0.39 is 0 Å².